The molecule has 2 unspecified atom stereocenters. The van der Waals surface area contributed by atoms with E-state index in [1.54, 1.807) is 0 Å². The number of nitrogens with one attached hydrogen (secondary N) is 1. The Morgan fingerprint density at radius 1 is 1.62 bits per heavy atom. The molecule has 0 aliphatic carbocycles. The van der Waals surface area contributed by atoms with Gasteiger partial charge in [-0.1, -0.05) is 13.8 Å². The van der Waals surface area contributed by atoms with Crippen molar-refractivity contribution in [2.75, 3.05) is 6.54 Å². The fourth-order valence-corrected chi connectivity index (χ4v) is 0.462. The summed E-state index contributed by atoms with van der Waals surface area (Å²) in [5, 5.41) is 3.44. The molecule has 0 aromatic rings. The molecule has 0 aromatic heterocycles. The van der Waals surface area contributed by atoms with Gasteiger partial charge in [0.15, 0.2) is 0 Å². The molecule has 0 fully saturated rings. The maximum atomic E-state index is 5.40. The Hall–Kier alpha value is 0.375. The van der Waals surface area contributed by atoms with Gasteiger partial charge >= 0.3 is 0 Å². The van der Waals surface area contributed by atoms with Crippen LogP contribution < -0.4 is 5.32 Å². The minimum Gasteiger partial charge on any atom is -0.322 e. The number of thiol groups is 1. The molecule has 0 bridgehead atoms. The number of hydrogen-bond donors (Lipinski definition) is 2. The molecule has 3 heteroatoms. The Morgan fingerprint density at radius 2 is 2.12 bits per heavy atom. The summed E-state index contributed by atoms with van der Waals surface area (Å²) in [6.07, 6.45) is 0. The molecule has 0 spiro atoms. The largest absolute Gasteiger partial charge is 0.322 e. The smallest absolute Gasteiger partial charge is 0.0902 e. The van der Waals surface area contributed by atoms with E-state index >= 15 is 0 Å². The van der Waals surface area contributed by atoms with Gasteiger partial charge in [-0.2, -0.15) is 12.6 Å². The van der Waals surface area contributed by atoms with Gasteiger partial charge in [0.1, 0.15) is 0 Å². The lowest BCUT2D eigenvalue weighted by Gasteiger charge is -2.09. The fraction of sp³-hybridized carbons (Fsp3) is 1.00. The van der Waals surface area contributed by atoms with Crippen molar-refractivity contribution in [2.45, 2.75) is 25.0 Å². The normalized spacial score (nSPS) is 17.9. The first-order chi connectivity index (χ1) is 3.63. The highest BCUT2D eigenvalue weighted by molar-refractivity contribution is 7.80. The predicted molar refractivity (Wildman–Crippen MR) is 41.7 cm³/mol. The first kappa shape index (κ1) is 8.37. The number of hydrogen-bond acceptors (Lipinski definition) is 2. The third kappa shape index (κ3) is 6.37. The summed E-state index contributed by atoms with van der Waals surface area (Å²) in [6, 6.07) is 0. The van der Waals surface area contributed by atoms with Crippen molar-refractivity contribution in [3.8, 4) is 0 Å². The van der Waals surface area contributed by atoms with Crippen LogP contribution in [0.5, 0.6) is 0 Å². The van der Waals surface area contributed by atoms with E-state index in [1.165, 1.54) is 0 Å². The van der Waals surface area contributed by atoms with Crippen LogP contribution in [-0.2, 0) is 0 Å². The van der Waals surface area contributed by atoms with E-state index in [0.717, 1.165) is 6.54 Å². The average Bonchev–Trinajstić information content (AvgIpc) is 1.61. The van der Waals surface area contributed by atoms with Crippen molar-refractivity contribution < 1.29 is 0 Å². The molecular weight excluding hydrogens is 117 g/mol. The second-order valence-corrected chi connectivity index (χ2v) is 2.93. The van der Waals surface area contributed by atoms with E-state index in [1.807, 2.05) is 13.8 Å². The topological polar surface area (TPSA) is 12.0 Å². The van der Waals surface area contributed by atoms with Crippen molar-refractivity contribution in [1.82, 2.24) is 5.32 Å². The molecule has 0 amide bonds. The molecule has 0 aromatic carbocycles. The highest BCUT2D eigenvalue weighted by atomic mass is 32.1. The third-order valence-corrected chi connectivity index (χ3v) is 0.918. The zero-order valence-electron chi connectivity index (χ0n) is 5.39. The molecule has 0 aliphatic rings. The second-order valence-electron chi connectivity index (χ2n) is 2.05. The van der Waals surface area contributed by atoms with Gasteiger partial charge in [-0.3, -0.25) is 0 Å². The molecule has 0 saturated carbocycles. The van der Waals surface area contributed by atoms with E-state index in [-0.39, 0.29) is 5.94 Å². The Morgan fingerprint density at radius 3 is 2.25 bits per heavy atom. The van der Waals surface area contributed by atoms with Gasteiger partial charge in [0, 0.05) is 11.8 Å². The van der Waals surface area contributed by atoms with Crippen molar-refractivity contribution in [3.05, 3.63) is 0 Å². The van der Waals surface area contributed by atoms with Gasteiger partial charge in [-0.25, -0.2) is 0 Å². The summed E-state index contributed by atoms with van der Waals surface area (Å²) >= 11 is 4.15. The van der Waals surface area contributed by atoms with E-state index < -0.39 is 0 Å². The van der Waals surface area contributed by atoms with Crippen molar-refractivity contribution in [3.63, 3.8) is 0 Å². The van der Waals surface area contributed by atoms with Crippen LogP contribution in [0.25, 0.3) is 0 Å². The van der Waals surface area contributed by atoms with Gasteiger partial charge in [-0.15, -0.1) is 0 Å². The van der Waals surface area contributed by atoms with E-state index in [9.17, 15) is 0 Å². The molecule has 2 radical (unpaired) electrons. The maximum Gasteiger partial charge on any atom is 0.0902 e. The lowest BCUT2D eigenvalue weighted by Crippen LogP contribution is -2.30. The molecule has 0 heterocycles. The quantitative estimate of drug-likeness (QED) is 0.415. The summed E-state index contributed by atoms with van der Waals surface area (Å²) in [5.74, 6) is 0.0876. The van der Waals surface area contributed by atoms with Crippen LogP contribution in [0.1, 0.15) is 13.8 Å². The monoisotopic (exact) mass is 129 g/mol. The second kappa shape index (κ2) is 4.27. The van der Waals surface area contributed by atoms with Crippen LogP contribution in [-0.4, -0.2) is 25.6 Å². The van der Waals surface area contributed by atoms with Crippen LogP contribution in [0.4, 0.5) is 0 Å². The first-order valence-corrected chi connectivity index (χ1v) is 3.31. The zero-order chi connectivity index (χ0) is 6.57. The Labute approximate surface area is 58.1 Å². The van der Waals surface area contributed by atoms with Crippen LogP contribution in [0.3, 0.4) is 0 Å². The lowest BCUT2D eigenvalue weighted by atomic mass is 9.99. The van der Waals surface area contributed by atoms with Gasteiger partial charge in [0.25, 0.3) is 0 Å². The Kier molecular flexibility index (Phi) is 4.47. The van der Waals surface area contributed by atoms with Crippen LogP contribution in [0.15, 0.2) is 0 Å². The molecule has 2 atom stereocenters. The standard InChI is InChI=1S/C5H12BNS/c1-4(8)3-7-5(2)6/h4-5,7-8H,3H2,1-2H3. The van der Waals surface area contributed by atoms with Crippen molar-refractivity contribution >= 4 is 20.5 Å². The van der Waals surface area contributed by atoms with Gasteiger partial charge in [-0.05, 0) is 5.94 Å². The van der Waals surface area contributed by atoms with Gasteiger partial charge in [0.2, 0.25) is 0 Å². The van der Waals surface area contributed by atoms with Gasteiger partial charge in [0.05, 0.1) is 7.85 Å². The zero-order valence-corrected chi connectivity index (χ0v) is 6.28. The van der Waals surface area contributed by atoms with Crippen molar-refractivity contribution in [2.24, 2.45) is 0 Å². The van der Waals surface area contributed by atoms with Crippen LogP contribution in [0, 0.1) is 0 Å². The van der Waals surface area contributed by atoms with E-state index in [4.69, 9.17) is 7.85 Å². The number of rotatable bonds is 3. The lowest BCUT2D eigenvalue weighted by molar-refractivity contribution is 0.673. The molecule has 1 nitrogen and oxygen atoms in total. The fourth-order valence-electron chi connectivity index (χ4n) is 0.356. The molecule has 0 aliphatic heterocycles. The summed E-state index contributed by atoms with van der Waals surface area (Å²) in [4.78, 5) is 0. The highest BCUT2D eigenvalue weighted by Crippen LogP contribution is 1.88. The summed E-state index contributed by atoms with van der Waals surface area (Å²) in [6.45, 7) is 4.81. The van der Waals surface area contributed by atoms with Crippen molar-refractivity contribution in [1.29, 1.82) is 0 Å². The highest BCUT2D eigenvalue weighted by Gasteiger charge is 1.93. The molecule has 0 saturated heterocycles. The minimum atomic E-state index is 0.0876. The Balaban J connectivity index is 2.93. The van der Waals surface area contributed by atoms with Crippen LogP contribution in [0.2, 0.25) is 0 Å². The maximum absolute atomic E-state index is 5.40. The molecule has 1 N–H and O–H groups in total. The Bertz CT molecular complexity index is 48.4. The summed E-state index contributed by atoms with van der Waals surface area (Å²) in [5.41, 5.74) is 0. The first-order valence-electron chi connectivity index (χ1n) is 2.80. The third-order valence-electron chi connectivity index (χ3n) is 0.735. The predicted octanol–water partition coefficient (Wildman–Crippen LogP) is 0.409. The molecule has 0 rings (SSSR count). The SMILES string of the molecule is [B]C(C)NCC(C)S. The van der Waals surface area contributed by atoms with E-state index in [0.29, 0.717) is 5.25 Å². The van der Waals surface area contributed by atoms with E-state index in [2.05, 4.69) is 17.9 Å². The molecule has 8 heavy (non-hydrogen) atoms. The van der Waals surface area contributed by atoms with Crippen LogP contribution >= 0.6 is 12.6 Å². The average molecular weight is 129 g/mol. The summed E-state index contributed by atoms with van der Waals surface area (Å²) < 4.78 is 0. The van der Waals surface area contributed by atoms with Gasteiger partial charge < -0.3 is 5.32 Å². The molecule has 46 valence electrons. The summed E-state index contributed by atoms with van der Waals surface area (Å²) in [7, 11) is 5.40. The minimum absolute atomic E-state index is 0.0876. The molecular formula is C5H12BNS.